The van der Waals surface area contributed by atoms with E-state index in [2.05, 4.69) is 4.98 Å². The Morgan fingerprint density at radius 3 is 2.71 bits per heavy atom. The van der Waals surface area contributed by atoms with Crippen molar-refractivity contribution in [1.29, 1.82) is 0 Å². The molecule has 90 valence electrons. The van der Waals surface area contributed by atoms with E-state index in [0.29, 0.717) is 18.1 Å². The molecule has 2 aliphatic rings. The molecule has 2 aliphatic carbocycles. The Bertz CT molecular complexity index is 428. The third kappa shape index (κ3) is 2.01. The second-order valence-electron chi connectivity index (χ2n) is 5.55. The van der Waals surface area contributed by atoms with E-state index in [1.807, 2.05) is 19.1 Å². The van der Waals surface area contributed by atoms with Crippen LogP contribution in [0.15, 0.2) is 18.3 Å². The largest absolute Gasteiger partial charge is 0.299 e. The molecule has 2 unspecified atom stereocenters. The van der Waals surface area contributed by atoms with Gasteiger partial charge in [0.15, 0.2) is 0 Å². The smallest absolute Gasteiger partial charge is 0.142 e. The Balaban J connectivity index is 1.67. The van der Waals surface area contributed by atoms with Crippen LogP contribution in [0.1, 0.15) is 36.9 Å². The number of carbonyl (C=O) groups excluding carboxylic acids is 1. The summed E-state index contributed by atoms with van der Waals surface area (Å²) in [4.78, 5) is 16.6. The van der Waals surface area contributed by atoms with Gasteiger partial charge >= 0.3 is 0 Å². The molecule has 1 aromatic heterocycles. The van der Waals surface area contributed by atoms with E-state index in [-0.39, 0.29) is 0 Å². The maximum atomic E-state index is 12.3. The first-order chi connectivity index (χ1) is 8.27. The number of hydrogen-bond donors (Lipinski definition) is 0. The summed E-state index contributed by atoms with van der Waals surface area (Å²) < 4.78 is 0. The summed E-state index contributed by atoms with van der Waals surface area (Å²) in [5.74, 6) is 2.25. The maximum Gasteiger partial charge on any atom is 0.142 e. The highest BCUT2D eigenvalue weighted by Crippen LogP contribution is 2.55. The van der Waals surface area contributed by atoms with Crippen molar-refractivity contribution in [3.05, 3.63) is 29.6 Å². The Morgan fingerprint density at radius 2 is 2.06 bits per heavy atom. The molecule has 1 aromatic rings. The fraction of sp³-hybridized carbons (Fsp3) is 0.600. The first-order valence-electron chi connectivity index (χ1n) is 6.70. The fourth-order valence-electron chi connectivity index (χ4n) is 3.46. The normalized spacial score (nSPS) is 30.8. The molecular formula is C15H19NO. The van der Waals surface area contributed by atoms with Crippen LogP contribution in [0.4, 0.5) is 0 Å². The lowest BCUT2D eigenvalue weighted by Gasteiger charge is -2.04. The van der Waals surface area contributed by atoms with Crippen molar-refractivity contribution in [3.8, 4) is 0 Å². The van der Waals surface area contributed by atoms with Crippen LogP contribution in [0.2, 0.25) is 0 Å². The molecule has 17 heavy (non-hydrogen) atoms. The molecule has 2 fully saturated rings. The average molecular weight is 229 g/mol. The van der Waals surface area contributed by atoms with E-state index >= 15 is 0 Å². The van der Waals surface area contributed by atoms with E-state index in [4.69, 9.17) is 0 Å². The highest BCUT2D eigenvalue weighted by molar-refractivity contribution is 5.86. The number of carbonyl (C=O) groups is 1. The van der Waals surface area contributed by atoms with Crippen LogP contribution in [-0.2, 0) is 11.2 Å². The van der Waals surface area contributed by atoms with Crippen LogP contribution in [0.25, 0.3) is 0 Å². The van der Waals surface area contributed by atoms with Crippen molar-refractivity contribution in [1.82, 2.24) is 4.98 Å². The van der Waals surface area contributed by atoms with Gasteiger partial charge in [-0.3, -0.25) is 9.78 Å². The third-order valence-corrected chi connectivity index (χ3v) is 4.49. The van der Waals surface area contributed by atoms with Crippen molar-refractivity contribution in [2.75, 3.05) is 0 Å². The van der Waals surface area contributed by atoms with Crippen molar-refractivity contribution >= 4 is 5.78 Å². The van der Waals surface area contributed by atoms with E-state index < -0.39 is 0 Å². The molecule has 0 bridgehead atoms. The summed E-state index contributed by atoms with van der Waals surface area (Å²) in [5, 5.41) is 0. The highest BCUT2D eigenvalue weighted by atomic mass is 16.1. The molecule has 0 aromatic carbocycles. The highest BCUT2D eigenvalue weighted by Gasteiger charge is 2.54. The van der Waals surface area contributed by atoms with Crippen LogP contribution in [0.5, 0.6) is 0 Å². The lowest BCUT2D eigenvalue weighted by molar-refractivity contribution is -0.120. The topological polar surface area (TPSA) is 30.0 Å². The number of nitrogens with zero attached hydrogens (tertiary/aromatic N) is 1. The van der Waals surface area contributed by atoms with Crippen LogP contribution >= 0.6 is 0 Å². The molecule has 0 spiro atoms. The van der Waals surface area contributed by atoms with Crippen LogP contribution < -0.4 is 0 Å². The van der Waals surface area contributed by atoms with Gasteiger partial charge in [0.05, 0.1) is 5.69 Å². The predicted molar refractivity (Wildman–Crippen MR) is 66.6 cm³/mol. The lowest BCUT2D eigenvalue weighted by Crippen LogP contribution is -2.09. The Hall–Kier alpha value is -1.18. The molecular weight excluding hydrogens is 210 g/mol. The summed E-state index contributed by atoms with van der Waals surface area (Å²) in [7, 11) is 0. The zero-order chi connectivity index (χ0) is 11.8. The minimum absolute atomic E-state index is 0.374. The van der Waals surface area contributed by atoms with Gasteiger partial charge in [0.1, 0.15) is 5.78 Å². The van der Waals surface area contributed by atoms with E-state index in [1.165, 1.54) is 25.7 Å². The fourth-order valence-corrected chi connectivity index (χ4v) is 3.46. The molecule has 0 saturated heterocycles. The van der Waals surface area contributed by atoms with Crippen LogP contribution in [0, 0.1) is 24.7 Å². The molecule has 2 nitrogen and oxygen atoms in total. The average Bonchev–Trinajstić information content (AvgIpc) is 3.06. The van der Waals surface area contributed by atoms with Gasteiger partial charge in [0.25, 0.3) is 0 Å². The molecule has 2 heteroatoms. The number of fused-ring (bicyclic) bond motifs is 1. The summed E-state index contributed by atoms with van der Waals surface area (Å²) in [5.41, 5.74) is 2.12. The molecule has 0 amide bonds. The number of aryl methyl sites for hydroxylation is 1. The predicted octanol–water partition coefficient (Wildman–Crippen LogP) is 2.94. The van der Waals surface area contributed by atoms with Crippen molar-refractivity contribution in [2.45, 2.75) is 39.0 Å². The summed E-state index contributed by atoms with van der Waals surface area (Å²) in [6.07, 6.45) is 7.55. The molecule has 1 heterocycles. The second kappa shape index (κ2) is 4.25. The van der Waals surface area contributed by atoms with E-state index in [0.717, 1.165) is 23.1 Å². The first kappa shape index (κ1) is 10.9. The SMILES string of the molecule is Cc1cccnc1CC(=O)C1C2CCCCC21. The van der Waals surface area contributed by atoms with Gasteiger partial charge in [-0.15, -0.1) is 0 Å². The summed E-state index contributed by atoms with van der Waals surface area (Å²) >= 11 is 0. The van der Waals surface area contributed by atoms with Crippen molar-refractivity contribution < 1.29 is 4.79 Å². The Morgan fingerprint density at radius 1 is 1.35 bits per heavy atom. The standard InChI is InChI=1S/C15H19NO/c1-10-5-4-8-16-13(10)9-14(17)15-11-6-2-3-7-12(11)15/h4-5,8,11-12,15H,2-3,6-7,9H2,1H3. The van der Waals surface area contributed by atoms with Crippen LogP contribution in [0.3, 0.4) is 0 Å². The number of aromatic nitrogens is 1. The van der Waals surface area contributed by atoms with Gasteiger partial charge in [-0.05, 0) is 43.2 Å². The van der Waals surface area contributed by atoms with E-state index in [9.17, 15) is 4.79 Å². The minimum Gasteiger partial charge on any atom is -0.299 e. The van der Waals surface area contributed by atoms with Crippen molar-refractivity contribution in [3.63, 3.8) is 0 Å². The van der Waals surface area contributed by atoms with Crippen LogP contribution in [-0.4, -0.2) is 10.8 Å². The molecule has 3 rings (SSSR count). The lowest BCUT2D eigenvalue weighted by atomic mass is 10.0. The van der Waals surface area contributed by atoms with Gasteiger partial charge in [-0.25, -0.2) is 0 Å². The zero-order valence-corrected chi connectivity index (χ0v) is 10.4. The molecule has 0 N–H and O–H groups in total. The second-order valence-corrected chi connectivity index (χ2v) is 5.55. The number of pyridine rings is 1. The summed E-state index contributed by atoms with van der Waals surface area (Å²) in [6.45, 7) is 2.04. The molecule has 0 aliphatic heterocycles. The quantitative estimate of drug-likeness (QED) is 0.797. The van der Waals surface area contributed by atoms with Gasteiger partial charge in [-0.1, -0.05) is 18.9 Å². The Kier molecular flexibility index (Phi) is 2.73. The number of rotatable bonds is 3. The molecule has 2 saturated carbocycles. The number of Topliss-reactive ketones (excluding diaryl/α,β-unsaturated/α-hetero) is 1. The van der Waals surface area contributed by atoms with Gasteiger partial charge < -0.3 is 0 Å². The zero-order valence-electron chi connectivity index (χ0n) is 10.4. The van der Waals surface area contributed by atoms with E-state index in [1.54, 1.807) is 6.20 Å². The first-order valence-corrected chi connectivity index (χ1v) is 6.70. The van der Waals surface area contributed by atoms with Crippen molar-refractivity contribution in [2.24, 2.45) is 17.8 Å². The maximum absolute atomic E-state index is 12.3. The van der Waals surface area contributed by atoms with Gasteiger partial charge in [-0.2, -0.15) is 0 Å². The molecule has 2 atom stereocenters. The number of ketones is 1. The third-order valence-electron chi connectivity index (χ3n) is 4.49. The monoisotopic (exact) mass is 229 g/mol. The molecule has 0 radical (unpaired) electrons. The summed E-state index contributed by atoms with van der Waals surface area (Å²) in [6, 6.07) is 3.97. The van der Waals surface area contributed by atoms with Gasteiger partial charge in [0, 0.05) is 18.5 Å². The van der Waals surface area contributed by atoms with Gasteiger partial charge in [0.2, 0.25) is 0 Å². The Labute approximate surface area is 102 Å². The minimum atomic E-state index is 0.374. The number of hydrogen-bond acceptors (Lipinski definition) is 2.